The van der Waals surface area contributed by atoms with E-state index in [0.29, 0.717) is 33.4 Å². The number of benzene rings is 1. The molecule has 1 aromatic heterocycles. The van der Waals surface area contributed by atoms with Crippen molar-refractivity contribution in [3.63, 3.8) is 0 Å². The molecule has 7 nitrogen and oxygen atoms in total. The summed E-state index contributed by atoms with van der Waals surface area (Å²) in [5, 5.41) is 9.18. The molecule has 0 fully saturated rings. The molecular weight excluding hydrogens is 304 g/mol. The predicted molar refractivity (Wildman–Crippen MR) is 84.9 cm³/mol. The Balaban J connectivity index is 1.84. The Morgan fingerprint density at radius 3 is 3.05 bits per heavy atom. The van der Waals surface area contributed by atoms with E-state index < -0.39 is 0 Å². The summed E-state index contributed by atoms with van der Waals surface area (Å²) in [6.07, 6.45) is 0. The first kappa shape index (κ1) is 14.3. The van der Waals surface area contributed by atoms with E-state index in [2.05, 4.69) is 20.3 Å². The van der Waals surface area contributed by atoms with Crippen LogP contribution < -0.4 is 20.7 Å². The molecule has 114 valence electrons. The second-order valence-corrected chi connectivity index (χ2v) is 5.50. The number of aryl methyl sites for hydroxylation is 1. The van der Waals surface area contributed by atoms with Crippen molar-refractivity contribution in [2.24, 2.45) is 0 Å². The molecule has 1 aliphatic heterocycles. The summed E-state index contributed by atoms with van der Waals surface area (Å²) in [5.74, 6) is 0.117. The van der Waals surface area contributed by atoms with E-state index in [1.807, 2.05) is 0 Å². The number of anilines is 3. The van der Waals surface area contributed by atoms with E-state index in [4.69, 9.17) is 4.74 Å². The van der Waals surface area contributed by atoms with Gasteiger partial charge < -0.3 is 20.7 Å². The Labute approximate surface area is 130 Å². The van der Waals surface area contributed by atoms with Gasteiger partial charge in [0.25, 0.3) is 11.8 Å². The third kappa shape index (κ3) is 2.60. The lowest BCUT2D eigenvalue weighted by molar-refractivity contribution is -0.118. The molecule has 2 heterocycles. The van der Waals surface area contributed by atoms with E-state index in [1.54, 1.807) is 32.2 Å². The summed E-state index contributed by atoms with van der Waals surface area (Å²) < 4.78 is 9.45. The van der Waals surface area contributed by atoms with Crippen LogP contribution in [0.5, 0.6) is 5.75 Å². The van der Waals surface area contributed by atoms with Gasteiger partial charge in [-0.3, -0.25) is 9.59 Å². The third-order valence-electron chi connectivity index (χ3n) is 3.19. The molecule has 22 heavy (non-hydrogen) atoms. The Hall–Kier alpha value is -2.61. The minimum absolute atomic E-state index is 0.00397. The van der Waals surface area contributed by atoms with E-state index >= 15 is 0 Å². The monoisotopic (exact) mass is 318 g/mol. The second kappa shape index (κ2) is 5.64. The highest BCUT2D eigenvalue weighted by Crippen LogP contribution is 2.31. The fourth-order valence-corrected chi connectivity index (χ4v) is 2.90. The van der Waals surface area contributed by atoms with Gasteiger partial charge in [0.1, 0.15) is 10.8 Å². The summed E-state index contributed by atoms with van der Waals surface area (Å²) in [7, 11) is 1.75. The van der Waals surface area contributed by atoms with Gasteiger partial charge in [-0.2, -0.15) is 4.37 Å². The lowest BCUT2D eigenvalue weighted by atomic mass is 10.2. The number of nitrogens with zero attached hydrogens (tertiary/aromatic N) is 1. The number of nitrogens with one attached hydrogen (secondary N) is 3. The first-order valence-corrected chi connectivity index (χ1v) is 7.38. The normalized spacial score (nSPS) is 12.9. The predicted octanol–water partition coefficient (Wildman–Crippen LogP) is 2.08. The van der Waals surface area contributed by atoms with E-state index in [9.17, 15) is 9.59 Å². The standard InChI is InChI=1S/C14H14N4O3S/c1-7-12(14(15-2)22-18-7)13(20)16-8-3-4-10-9(5-8)17-11(19)6-21-10/h3-5,15H,6H2,1-2H3,(H,16,20)(H,17,19). The average Bonchev–Trinajstić information content (AvgIpc) is 2.87. The van der Waals surface area contributed by atoms with E-state index in [0.717, 1.165) is 0 Å². The zero-order valence-electron chi connectivity index (χ0n) is 12.0. The topological polar surface area (TPSA) is 92.4 Å². The van der Waals surface area contributed by atoms with Gasteiger partial charge in [0.15, 0.2) is 6.61 Å². The van der Waals surface area contributed by atoms with Crippen LogP contribution in [0.3, 0.4) is 0 Å². The number of rotatable bonds is 3. The molecule has 1 aromatic carbocycles. The molecule has 8 heteroatoms. The van der Waals surface area contributed by atoms with Gasteiger partial charge in [0, 0.05) is 12.7 Å². The Morgan fingerprint density at radius 1 is 1.45 bits per heavy atom. The molecule has 0 saturated heterocycles. The molecule has 0 unspecified atom stereocenters. The number of hydrogen-bond donors (Lipinski definition) is 3. The van der Waals surface area contributed by atoms with Gasteiger partial charge in [-0.25, -0.2) is 0 Å². The van der Waals surface area contributed by atoms with Crippen LogP contribution in [-0.2, 0) is 4.79 Å². The molecule has 0 aliphatic carbocycles. The zero-order chi connectivity index (χ0) is 15.7. The molecule has 2 aromatic rings. The number of fused-ring (bicyclic) bond motifs is 1. The number of hydrogen-bond acceptors (Lipinski definition) is 6. The number of carbonyl (C=O) groups excluding carboxylic acids is 2. The fourth-order valence-electron chi connectivity index (χ4n) is 2.16. The lowest BCUT2D eigenvalue weighted by Gasteiger charge is -2.18. The first-order chi connectivity index (χ1) is 10.6. The molecule has 0 spiro atoms. The molecule has 2 amide bonds. The third-order valence-corrected chi connectivity index (χ3v) is 4.14. The van der Waals surface area contributed by atoms with Crippen LogP contribution in [0.4, 0.5) is 16.4 Å². The van der Waals surface area contributed by atoms with Crippen LogP contribution in [0.15, 0.2) is 18.2 Å². The number of ether oxygens (including phenoxy) is 1. The molecular formula is C14H14N4O3S. The Kier molecular flexibility index (Phi) is 3.68. The van der Waals surface area contributed by atoms with Gasteiger partial charge in [0.2, 0.25) is 0 Å². The number of aromatic nitrogens is 1. The summed E-state index contributed by atoms with van der Waals surface area (Å²) in [4.78, 5) is 23.7. The van der Waals surface area contributed by atoms with Gasteiger partial charge in [-0.15, -0.1) is 0 Å². The van der Waals surface area contributed by atoms with E-state index in [-0.39, 0.29) is 18.4 Å². The maximum atomic E-state index is 12.4. The summed E-state index contributed by atoms with van der Waals surface area (Å²) in [5.41, 5.74) is 2.30. The molecule has 0 bridgehead atoms. The molecule has 0 atom stereocenters. The van der Waals surface area contributed by atoms with Crippen molar-refractivity contribution in [2.75, 3.05) is 29.6 Å². The van der Waals surface area contributed by atoms with Crippen LogP contribution in [0, 0.1) is 6.92 Å². The molecule has 3 N–H and O–H groups in total. The van der Waals surface area contributed by atoms with Crippen molar-refractivity contribution in [3.8, 4) is 5.75 Å². The van der Waals surface area contributed by atoms with Gasteiger partial charge in [0.05, 0.1) is 16.9 Å². The maximum Gasteiger partial charge on any atom is 0.262 e. The highest BCUT2D eigenvalue weighted by Gasteiger charge is 2.20. The Morgan fingerprint density at radius 2 is 2.27 bits per heavy atom. The van der Waals surface area contributed by atoms with Crippen molar-refractivity contribution in [1.82, 2.24) is 4.37 Å². The first-order valence-electron chi connectivity index (χ1n) is 6.60. The second-order valence-electron chi connectivity index (χ2n) is 4.72. The largest absolute Gasteiger partial charge is 0.482 e. The summed E-state index contributed by atoms with van der Waals surface area (Å²) in [6, 6.07) is 5.10. The summed E-state index contributed by atoms with van der Waals surface area (Å²) >= 11 is 1.24. The summed E-state index contributed by atoms with van der Waals surface area (Å²) in [6.45, 7) is 1.79. The average molecular weight is 318 g/mol. The highest BCUT2D eigenvalue weighted by atomic mass is 32.1. The van der Waals surface area contributed by atoms with Gasteiger partial charge >= 0.3 is 0 Å². The molecule has 3 rings (SSSR count). The SMILES string of the molecule is CNc1snc(C)c1C(=O)Nc1ccc2c(c1)NC(=O)CO2. The van der Waals surface area contributed by atoms with Crippen LogP contribution in [0.25, 0.3) is 0 Å². The zero-order valence-corrected chi connectivity index (χ0v) is 12.8. The van der Waals surface area contributed by atoms with Crippen LogP contribution >= 0.6 is 11.5 Å². The van der Waals surface area contributed by atoms with Crippen LogP contribution in [0.1, 0.15) is 16.1 Å². The molecule has 1 aliphatic rings. The van der Waals surface area contributed by atoms with Crippen molar-refractivity contribution in [1.29, 1.82) is 0 Å². The highest BCUT2D eigenvalue weighted by molar-refractivity contribution is 7.10. The van der Waals surface area contributed by atoms with Crippen LogP contribution in [-0.4, -0.2) is 29.8 Å². The number of amides is 2. The van der Waals surface area contributed by atoms with Crippen molar-refractivity contribution in [3.05, 3.63) is 29.5 Å². The van der Waals surface area contributed by atoms with Crippen molar-refractivity contribution in [2.45, 2.75) is 6.92 Å². The van der Waals surface area contributed by atoms with Crippen LogP contribution in [0.2, 0.25) is 0 Å². The minimum atomic E-state index is -0.251. The minimum Gasteiger partial charge on any atom is -0.482 e. The maximum absolute atomic E-state index is 12.4. The molecule has 0 radical (unpaired) electrons. The molecule has 0 saturated carbocycles. The smallest absolute Gasteiger partial charge is 0.262 e. The van der Waals surface area contributed by atoms with Gasteiger partial charge in [-0.05, 0) is 36.7 Å². The fraction of sp³-hybridized carbons (Fsp3) is 0.214. The van der Waals surface area contributed by atoms with E-state index in [1.165, 1.54) is 11.5 Å². The quantitative estimate of drug-likeness (QED) is 0.806. The van der Waals surface area contributed by atoms with Crippen molar-refractivity contribution < 1.29 is 14.3 Å². The number of carbonyl (C=O) groups is 2. The Bertz CT molecular complexity index is 757. The van der Waals surface area contributed by atoms with Crippen molar-refractivity contribution >= 4 is 39.7 Å². The lowest BCUT2D eigenvalue weighted by Crippen LogP contribution is -2.25. The van der Waals surface area contributed by atoms with Gasteiger partial charge in [-0.1, -0.05) is 0 Å².